The van der Waals surface area contributed by atoms with Crippen molar-refractivity contribution in [2.24, 2.45) is 5.92 Å². The van der Waals surface area contributed by atoms with Crippen molar-refractivity contribution in [1.29, 1.82) is 0 Å². The van der Waals surface area contributed by atoms with Crippen LogP contribution in [0.25, 0.3) is 6.08 Å². The largest absolute Gasteiger partial charge is 0.478 e. The average molecular weight is 287 g/mol. The summed E-state index contributed by atoms with van der Waals surface area (Å²) in [6.07, 6.45) is 4.78. The molecule has 1 fully saturated rings. The van der Waals surface area contributed by atoms with Crippen LogP contribution in [0.5, 0.6) is 0 Å². The van der Waals surface area contributed by atoms with E-state index in [0.717, 1.165) is 43.1 Å². The van der Waals surface area contributed by atoms with E-state index in [-0.39, 0.29) is 5.91 Å². The Labute approximate surface area is 125 Å². The van der Waals surface area contributed by atoms with Gasteiger partial charge in [-0.25, -0.2) is 4.79 Å². The van der Waals surface area contributed by atoms with Crippen molar-refractivity contribution in [3.8, 4) is 0 Å². The maximum absolute atomic E-state index is 12.4. The summed E-state index contributed by atoms with van der Waals surface area (Å²) in [4.78, 5) is 24.9. The van der Waals surface area contributed by atoms with E-state index in [0.29, 0.717) is 11.5 Å². The Kier molecular flexibility index (Phi) is 4.78. The van der Waals surface area contributed by atoms with Gasteiger partial charge in [-0.15, -0.1) is 0 Å². The molecule has 1 aliphatic heterocycles. The Morgan fingerprint density at radius 1 is 1.29 bits per heavy atom. The molecule has 0 spiro atoms. The van der Waals surface area contributed by atoms with Crippen LogP contribution in [0.1, 0.15) is 41.3 Å². The van der Waals surface area contributed by atoms with Crippen molar-refractivity contribution in [2.45, 2.75) is 26.7 Å². The second-order valence-electron chi connectivity index (χ2n) is 5.72. The highest BCUT2D eigenvalue weighted by atomic mass is 16.4. The Balaban J connectivity index is 2.12. The second-order valence-corrected chi connectivity index (χ2v) is 5.72. The summed E-state index contributed by atoms with van der Waals surface area (Å²) in [5, 5.41) is 8.65. The number of benzene rings is 1. The molecule has 0 aliphatic carbocycles. The van der Waals surface area contributed by atoms with Crippen LogP contribution in [0.15, 0.2) is 24.3 Å². The third-order valence-electron chi connectivity index (χ3n) is 3.99. The SMILES string of the molecule is Cc1cc(C(=O)N2CCC(C)CC2)ccc1/C=C/C(=O)O. The van der Waals surface area contributed by atoms with Gasteiger partial charge in [-0.2, -0.15) is 0 Å². The third kappa shape index (κ3) is 3.94. The number of carboxylic acid groups (broad SMARTS) is 1. The lowest BCUT2D eigenvalue weighted by Crippen LogP contribution is -2.37. The molecule has 0 saturated carbocycles. The van der Waals surface area contributed by atoms with Crippen LogP contribution in [-0.2, 0) is 4.79 Å². The molecule has 4 heteroatoms. The molecule has 1 aromatic rings. The molecule has 1 amide bonds. The molecule has 0 bridgehead atoms. The number of carboxylic acids is 1. The first kappa shape index (κ1) is 15.3. The molecule has 1 saturated heterocycles. The van der Waals surface area contributed by atoms with Gasteiger partial charge in [0.1, 0.15) is 0 Å². The highest BCUT2D eigenvalue weighted by molar-refractivity contribution is 5.95. The molecule has 112 valence electrons. The summed E-state index contributed by atoms with van der Waals surface area (Å²) in [5.74, 6) is -0.213. The Bertz CT molecular complexity index is 569. The molecule has 2 rings (SSSR count). The number of nitrogens with zero attached hydrogens (tertiary/aromatic N) is 1. The number of likely N-dealkylation sites (tertiary alicyclic amines) is 1. The van der Waals surface area contributed by atoms with Crippen LogP contribution >= 0.6 is 0 Å². The van der Waals surface area contributed by atoms with Crippen LogP contribution in [0.4, 0.5) is 0 Å². The molecule has 1 aromatic carbocycles. The molecule has 0 radical (unpaired) electrons. The maximum Gasteiger partial charge on any atom is 0.328 e. The van der Waals surface area contributed by atoms with E-state index in [2.05, 4.69) is 6.92 Å². The summed E-state index contributed by atoms with van der Waals surface area (Å²) in [6.45, 7) is 5.74. The smallest absolute Gasteiger partial charge is 0.328 e. The van der Waals surface area contributed by atoms with Gasteiger partial charge in [0.25, 0.3) is 5.91 Å². The monoisotopic (exact) mass is 287 g/mol. The number of hydrogen-bond acceptors (Lipinski definition) is 2. The maximum atomic E-state index is 12.4. The van der Waals surface area contributed by atoms with E-state index < -0.39 is 5.97 Å². The second kappa shape index (κ2) is 6.57. The number of rotatable bonds is 3. The van der Waals surface area contributed by atoms with Gasteiger partial charge in [0.2, 0.25) is 0 Å². The first-order valence-electron chi connectivity index (χ1n) is 7.28. The van der Waals surface area contributed by atoms with Crippen molar-refractivity contribution >= 4 is 18.0 Å². The normalized spacial score (nSPS) is 16.4. The van der Waals surface area contributed by atoms with Crippen LogP contribution in [-0.4, -0.2) is 35.0 Å². The van der Waals surface area contributed by atoms with Crippen LogP contribution < -0.4 is 0 Å². The minimum absolute atomic E-state index is 0.0683. The van der Waals surface area contributed by atoms with Gasteiger partial charge in [-0.1, -0.05) is 13.0 Å². The van der Waals surface area contributed by atoms with Crippen molar-refractivity contribution in [2.75, 3.05) is 13.1 Å². The minimum Gasteiger partial charge on any atom is -0.478 e. The molecule has 0 unspecified atom stereocenters. The van der Waals surface area contributed by atoms with E-state index in [1.807, 2.05) is 17.9 Å². The molecule has 0 aromatic heterocycles. The fourth-order valence-electron chi connectivity index (χ4n) is 2.55. The highest BCUT2D eigenvalue weighted by Gasteiger charge is 2.21. The highest BCUT2D eigenvalue weighted by Crippen LogP contribution is 2.20. The molecule has 4 nitrogen and oxygen atoms in total. The van der Waals surface area contributed by atoms with E-state index in [1.54, 1.807) is 18.2 Å². The van der Waals surface area contributed by atoms with Gasteiger partial charge >= 0.3 is 5.97 Å². The molecular formula is C17H21NO3. The number of amides is 1. The van der Waals surface area contributed by atoms with Crippen LogP contribution in [0, 0.1) is 12.8 Å². The lowest BCUT2D eigenvalue weighted by molar-refractivity contribution is -0.131. The lowest BCUT2D eigenvalue weighted by atomic mass is 9.98. The lowest BCUT2D eigenvalue weighted by Gasteiger charge is -2.30. The minimum atomic E-state index is -0.975. The number of hydrogen-bond donors (Lipinski definition) is 1. The van der Waals surface area contributed by atoms with E-state index in [4.69, 9.17) is 5.11 Å². The zero-order valence-electron chi connectivity index (χ0n) is 12.5. The Hall–Kier alpha value is -2.10. The zero-order valence-corrected chi connectivity index (χ0v) is 12.5. The van der Waals surface area contributed by atoms with Crippen LogP contribution in [0.2, 0.25) is 0 Å². The van der Waals surface area contributed by atoms with Gasteiger partial charge in [0.05, 0.1) is 0 Å². The van der Waals surface area contributed by atoms with Gasteiger partial charge < -0.3 is 10.0 Å². The van der Waals surface area contributed by atoms with Crippen molar-refractivity contribution in [1.82, 2.24) is 4.90 Å². The number of carbonyl (C=O) groups excluding carboxylic acids is 1. The predicted molar refractivity (Wildman–Crippen MR) is 82.2 cm³/mol. The summed E-state index contributed by atoms with van der Waals surface area (Å²) in [6, 6.07) is 5.41. The summed E-state index contributed by atoms with van der Waals surface area (Å²) in [7, 11) is 0. The standard InChI is InChI=1S/C17H21NO3/c1-12-7-9-18(10-8-12)17(21)15-4-3-14(13(2)11-15)5-6-16(19)20/h3-6,11-12H,7-10H2,1-2H3,(H,19,20)/b6-5+. The summed E-state index contributed by atoms with van der Waals surface area (Å²) >= 11 is 0. The number of aryl methyl sites for hydroxylation is 1. The molecule has 1 N–H and O–H groups in total. The van der Waals surface area contributed by atoms with Gasteiger partial charge in [0, 0.05) is 24.7 Å². The first-order chi connectivity index (χ1) is 9.97. The third-order valence-corrected chi connectivity index (χ3v) is 3.99. The zero-order chi connectivity index (χ0) is 15.4. The molecule has 21 heavy (non-hydrogen) atoms. The summed E-state index contributed by atoms with van der Waals surface area (Å²) in [5.41, 5.74) is 2.40. The fourth-order valence-corrected chi connectivity index (χ4v) is 2.55. The first-order valence-corrected chi connectivity index (χ1v) is 7.28. The van der Waals surface area contributed by atoms with E-state index in [9.17, 15) is 9.59 Å². The molecule has 1 aliphatic rings. The predicted octanol–water partition coefficient (Wildman–Crippen LogP) is 2.96. The quantitative estimate of drug-likeness (QED) is 0.870. The number of piperidine rings is 1. The average Bonchev–Trinajstić information content (AvgIpc) is 2.46. The van der Waals surface area contributed by atoms with Crippen molar-refractivity contribution < 1.29 is 14.7 Å². The van der Waals surface area contributed by atoms with Gasteiger partial charge in [0.15, 0.2) is 0 Å². The van der Waals surface area contributed by atoms with Gasteiger partial charge in [-0.3, -0.25) is 4.79 Å². The van der Waals surface area contributed by atoms with E-state index in [1.165, 1.54) is 0 Å². The molecule has 1 heterocycles. The Morgan fingerprint density at radius 3 is 2.52 bits per heavy atom. The fraction of sp³-hybridized carbons (Fsp3) is 0.412. The van der Waals surface area contributed by atoms with E-state index >= 15 is 0 Å². The summed E-state index contributed by atoms with van der Waals surface area (Å²) < 4.78 is 0. The van der Waals surface area contributed by atoms with Crippen molar-refractivity contribution in [3.05, 3.63) is 41.0 Å². The van der Waals surface area contributed by atoms with Gasteiger partial charge in [-0.05, 0) is 55.0 Å². The van der Waals surface area contributed by atoms with Crippen LogP contribution in [0.3, 0.4) is 0 Å². The Morgan fingerprint density at radius 2 is 1.95 bits per heavy atom. The number of carbonyl (C=O) groups is 2. The molecular weight excluding hydrogens is 266 g/mol. The molecule has 0 atom stereocenters. The van der Waals surface area contributed by atoms with Crippen molar-refractivity contribution in [3.63, 3.8) is 0 Å². The topological polar surface area (TPSA) is 57.6 Å². The number of aliphatic carboxylic acids is 1.